The van der Waals surface area contributed by atoms with Crippen LogP contribution in [-0.4, -0.2) is 50.9 Å². The predicted octanol–water partition coefficient (Wildman–Crippen LogP) is 2.49. The number of amides is 1. The molecule has 0 bridgehead atoms. The quantitative estimate of drug-likeness (QED) is 0.689. The Balaban J connectivity index is 1.34. The molecule has 7 nitrogen and oxygen atoms in total. The zero-order chi connectivity index (χ0) is 20.0. The van der Waals surface area contributed by atoms with Crippen LogP contribution in [0.1, 0.15) is 24.0 Å². The molecule has 0 atom stereocenters. The Bertz CT molecular complexity index is 1060. The first kappa shape index (κ1) is 18.4. The van der Waals surface area contributed by atoms with E-state index in [0.29, 0.717) is 24.5 Å². The fourth-order valence-electron chi connectivity index (χ4n) is 4.33. The van der Waals surface area contributed by atoms with Crippen LogP contribution in [0.15, 0.2) is 36.8 Å². The maximum absolute atomic E-state index is 13.1. The summed E-state index contributed by atoms with van der Waals surface area (Å²) in [7, 11) is 0. The number of hydrogen-bond donors (Lipinski definition) is 2. The number of carbonyl (C=O) groups excluding carboxylic acids is 1. The number of nitrogens with two attached hydrogens (primary N) is 1. The summed E-state index contributed by atoms with van der Waals surface area (Å²) < 4.78 is 0. The summed E-state index contributed by atoms with van der Waals surface area (Å²) in [6, 6.07) is 7.99. The molecule has 2 fully saturated rings. The first-order chi connectivity index (χ1) is 14.1. The van der Waals surface area contributed by atoms with Crippen molar-refractivity contribution in [3.63, 3.8) is 0 Å². The Kier molecular flexibility index (Phi) is 4.44. The molecular formula is C21H23ClN6O. The van der Waals surface area contributed by atoms with Gasteiger partial charge in [0.25, 0.3) is 0 Å². The van der Waals surface area contributed by atoms with Crippen LogP contribution in [0.25, 0.3) is 11.0 Å². The second kappa shape index (κ2) is 7.00. The maximum atomic E-state index is 13.1. The van der Waals surface area contributed by atoms with Gasteiger partial charge in [0.05, 0.1) is 22.4 Å². The zero-order valence-corrected chi connectivity index (χ0v) is 16.8. The lowest BCUT2D eigenvalue weighted by Gasteiger charge is -2.43. The van der Waals surface area contributed by atoms with E-state index < -0.39 is 0 Å². The Morgan fingerprint density at radius 2 is 1.93 bits per heavy atom. The summed E-state index contributed by atoms with van der Waals surface area (Å²) >= 11 is 6.36. The van der Waals surface area contributed by atoms with Crippen LogP contribution >= 0.6 is 11.6 Å². The van der Waals surface area contributed by atoms with Gasteiger partial charge in [-0.2, -0.15) is 0 Å². The van der Waals surface area contributed by atoms with Gasteiger partial charge in [0.2, 0.25) is 5.91 Å². The molecule has 1 aliphatic carbocycles. The van der Waals surface area contributed by atoms with Gasteiger partial charge in [0, 0.05) is 32.4 Å². The third kappa shape index (κ3) is 3.24. The van der Waals surface area contributed by atoms with Crippen molar-refractivity contribution in [3.05, 3.63) is 52.9 Å². The van der Waals surface area contributed by atoms with Gasteiger partial charge in [-0.05, 0) is 24.0 Å². The van der Waals surface area contributed by atoms with E-state index >= 15 is 0 Å². The van der Waals surface area contributed by atoms with Gasteiger partial charge in [-0.25, -0.2) is 9.97 Å². The number of nitrogens with one attached hydrogen (secondary N) is 1. The molecule has 3 aromatic rings. The van der Waals surface area contributed by atoms with Crippen molar-refractivity contribution in [1.29, 1.82) is 0 Å². The lowest BCUT2D eigenvalue weighted by atomic mass is 10.1. The minimum Gasteiger partial charge on any atom is -0.352 e. The van der Waals surface area contributed by atoms with Gasteiger partial charge in [-0.3, -0.25) is 4.79 Å². The van der Waals surface area contributed by atoms with Crippen molar-refractivity contribution in [3.8, 4) is 0 Å². The molecule has 2 aliphatic rings. The number of hydrogen-bond acceptors (Lipinski definition) is 5. The first-order valence-electron chi connectivity index (χ1n) is 9.90. The fraction of sp³-hybridized carbons (Fsp3) is 0.381. The minimum atomic E-state index is -0.0907. The van der Waals surface area contributed by atoms with Gasteiger partial charge in [0.1, 0.15) is 17.8 Å². The lowest BCUT2D eigenvalue weighted by Crippen LogP contribution is -2.57. The molecule has 29 heavy (non-hydrogen) atoms. The van der Waals surface area contributed by atoms with Crippen molar-refractivity contribution in [2.75, 3.05) is 24.5 Å². The average molecular weight is 411 g/mol. The maximum Gasteiger partial charge on any atom is 0.227 e. The highest BCUT2D eigenvalue weighted by molar-refractivity contribution is 6.36. The Labute approximate surface area is 173 Å². The highest BCUT2D eigenvalue weighted by Crippen LogP contribution is 2.46. The molecule has 1 aromatic carbocycles. The summed E-state index contributed by atoms with van der Waals surface area (Å²) in [4.78, 5) is 29.3. The molecule has 1 saturated heterocycles. The van der Waals surface area contributed by atoms with Crippen LogP contribution in [0, 0.1) is 0 Å². The molecule has 150 valence electrons. The Morgan fingerprint density at radius 1 is 1.17 bits per heavy atom. The van der Waals surface area contributed by atoms with Gasteiger partial charge in [0.15, 0.2) is 0 Å². The molecular weight excluding hydrogens is 388 g/mol. The number of halogens is 1. The second-order valence-electron chi connectivity index (χ2n) is 7.95. The number of benzene rings is 1. The number of aromatic amines is 1. The molecule has 1 amide bonds. The lowest BCUT2D eigenvalue weighted by molar-refractivity contribution is -0.134. The number of rotatable bonds is 4. The monoisotopic (exact) mass is 410 g/mol. The summed E-state index contributed by atoms with van der Waals surface area (Å²) in [6.45, 7) is 2.71. The summed E-state index contributed by atoms with van der Waals surface area (Å²) in [5.41, 5.74) is 8.42. The molecule has 3 heterocycles. The number of fused-ring (bicyclic) bond motifs is 1. The van der Waals surface area contributed by atoms with E-state index in [2.05, 4.69) is 24.8 Å². The highest BCUT2D eigenvalue weighted by Gasteiger charge is 2.53. The number of anilines is 1. The van der Waals surface area contributed by atoms with Crippen LogP contribution in [0.2, 0.25) is 5.02 Å². The third-order valence-electron chi connectivity index (χ3n) is 6.09. The number of aromatic nitrogens is 3. The number of nitrogens with zero attached hydrogens (tertiary/aromatic N) is 4. The van der Waals surface area contributed by atoms with E-state index in [0.717, 1.165) is 53.9 Å². The van der Waals surface area contributed by atoms with E-state index in [1.165, 1.54) is 0 Å². The van der Waals surface area contributed by atoms with Crippen LogP contribution in [0.3, 0.4) is 0 Å². The molecule has 3 N–H and O–H groups in total. The molecule has 8 heteroatoms. The standard InChI is InChI=1S/C21H23ClN6O/c22-16-11-24-19-18(16)20(26-13-25-19)27-7-8-28(21(12-27)5-6-21)17(29)9-14-1-3-15(10-23)4-2-14/h1-4,11,13H,5-10,12,23H2,(H,24,25,26). The summed E-state index contributed by atoms with van der Waals surface area (Å²) in [5.74, 6) is 1.03. The first-order valence-corrected chi connectivity index (χ1v) is 10.3. The largest absolute Gasteiger partial charge is 0.352 e. The van der Waals surface area contributed by atoms with Crippen molar-refractivity contribution >= 4 is 34.4 Å². The van der Waals surface area contributed by atoms with Crippen molar-refractivity contribution in [1.82, 2.24) is 19.9 Å². The van der Waals surface area contributed by atoms with E-state index in [4.69, 9.17) is 17.3 Å². The van der Waals surface area contributed by atoms with Crippen LogP contribution in [-0.2, 0) is 17.8 Å². The van der Waals surface area contributed by atoms with Crippen LogP contribution in [0.5, 0.6) is 0 Å². The molecule has 1 saturated carbocycles. The highest BCUT2D eigenvalue weighted by atomic mass is 35.5. The topological polar surface area (TPSA) is 91.1 Å². The molecule has 0 radical (unpaired) electrons. The van der Waals surface area contributed by atoms with E-state index in [-0.39, 0.29) is 11.4 Å². The summed E-state index contributed by atoms with van der Waals surface area (Å²) in [5, 5.41) is 1.48. The van der Waals surface area contributed by atoms with Crippen LogP contribution in [0.4, 0.5) is 5.82 Å². The fourth-order valence-corrected chi connectivity index (χ4v) is 4.56. The Hall–Kier alpha value is -2.64. The van der Waals surface area contributed by atoms with Gasteiger partial charge >= 0.3 is 0 Å². The molecule has 5 rings (SSSR count). The van der Waals surface area contributed by atoms with E-state index in [1.807, 2.05) is 24.3 Å². The molecule has 1 aliphatic heterocycles. The van der Waals surface area contributed by atoms with Crippen molar-refractivity contribution < 1.29 is 4.79 Å². The number of H-pyrrole nitrogens is 1. The van der Waals surface area contributed by atoms with Crippen molar-refractivity contribution in [2.24, 2.45) is 5.73 Å². The number of carbonyl (C=O) groups is 1. The molecule has 0 unspecified atom stereocenters. The summed E-state index contributed by atoms with van der Waals surface area (Å²) in [6.07, 6.45) is 5.78. The minimum absolute atomic E-state index is 0.0907. The Morgan fingerprint density at radius 3 is 2.66 bits per heavy atom. The second-order valence-corrected chi connectivity index (χ2v) is 8.35. The predicted molar refractivity (Wildman–Crippen MR) is 113 cm³/mol. The SMILES string of the molecule is NCc1ccc(CC(=O)N2CCN(c3ncnc4[nH]cc(Cl)c34)CC23CC3)cc1. The number of piperazine rings is 1. The molecule has 2 aromatic heterocycles. The van der Waals surface area contributed by atoms with E-state index in [1.54, 1.807) is 12.5 Å². The third-order valence-corrected chi connectivity index (χ3v) is 6.39. The van der Waals surface area contributed by atoms with Crippen molar-refractivity contribution in [2.45, 2.75) is 31.3 Å². The normalized spacial score (nSPS) is 17.9. The molecule has 1 spiro atoms. The van der Waals surface area contributed by atoms with Gasteiger partial charge in [-0.15, -0.1) is 0 Å². The average Bonchev–Trinajstić information content (AvgIpc) is 3.40. The smallest absolute Gasteiger partial charge is 0.227 e. The van der Waals surface area contributed by atoms with Gasteiger partial charge < -0.3 is 20.5 Å². The van der Waals surface area contributed by atoms with E-state index in [9.17, 15) is 4.79 Å². The van der Waals surface area contributed by atoms with Crippen LogP contribution < -0.4 is 10.6 Å². The van der Waals surface area contributed by atoms with Gasteiger partial charge in [-0.1, -0.05) is 35.9 Å². The zero-order valence-electron chi connectivity index (χ0n) is 16.1.